The third-order valence-corrected chi connectivity index (χ3v) is 4.29. The first kappa shape index (κ1) is 18.6. The highest BCUT2D eigenvalue weighted by molar-refractivity contribution is 6.06. The molecule has 0 aliphatic heterocycles. The van der Waals surface area contributed by atoms with E-state index in [2.05, 4.69) is 15.6 Å². The third kappa shape index (κ3) is 3.84. The van der Waals surface area contributed by atoms with Crippen molar-refractivity contribution in [1.82, 2.24) is 20.3 Å². The lowest BCUT2D eigenvalue weighted by Gasteiger charge is -2.28. The van der Waals surface area contributed by atoms with Gasteiger partial charge in [-0.3, -0.25) is 14.3 Å². The first-order valence-electron chi connectivity index (χ1n) is 8.64. The van der Waals surface area contributed by atoms with Gasteiger partial charge in [-0.15, -0.1) is 0 Å². The Balaban J connectivity index is 1.97. The normalized spacial score (nSPS) is 12.9. The van der Waals surface area contributed by atoms with Crippen LogP contribution in [0.1, 0.15) is 42.7 Å². The molecule has 142 valence electrons. The Bertz CT molecular complexity index is 996. The first-order valence-corrected chi connectivity index (χ1v) is 8.64. The smallest absolute Gasteiger partial charge is 0.273 e. The fourth-order valence-electron chi connectivity index (χ4n) is 2.98. The summed E-state index contributed by atoms with van der Waals surface area (Å²) < 4.78 is 6.79. The van der Waals surface area contributed by atoms with Crippen molar-refractivity contribution >= 4 is 22.7 Å². The molecule has 0 saturated carbocycles. The Morgan fingerprint density at radius 1 is 1.30 bits per heavy atom. The van der Waals surface area contributed by atoms with E-state index in [0.717, 1.165) is 5.52 Å². The second-order valence-corrected chi connectivity index (χ2v) is 7.63. The van der Waals surface area contributed by atoms with E-state index in [1.54, 1.807) is 4.68 Å². The molecule has 0 bridgehead atoms. The minimum absolute atomic E-state index is 0.237. The molecule has 0 spiro atoms. The van der Waals surface area contributed by atoms with Crippen LogP contribution >= 0.6 is 0 Å². The highest BCUT2D eigenvalue weighted by atomic mass is 16.5. The number of benzene rings is 1. The zero-order valence-electron chi connectivity index (χ0n) is 15.8. The standard InChI is InChI=1S/C19H23N5O3/c1-11-9-12(23-27-11)10-24-14-8-6-5-7-13(14)15(22-24)18(26)21-16(17(20)25)19(2,3)4/h5-9,16H,10H2,1-4H3,(H2,20,25)(H,21,26)/t16-/m1/s1. The Hall–Kier alpha value is -3.16. The largest absolute Gasteiger partial charge is 0.368 e. The number of hydrogen-bond donors (Lipinski definition) is 2. The van der Waals surface area contributed by atoms with Gasteiger partial charge >= 0.3 is 0 Å². The molecule has 3 N–H and O–H groups in total. The van der Waals surface area contributed by atoms with Crippen LogP contribution in [0.5, 0.6) is 0 Å². The van der Waals surface area contributed by atoms with E-state index in [1.807, 2.05) is 58.0 Å². The lowest BCUT2D eigenvalue weighted by atomic mass is 9.86. The van der Waals surface area contributed by atoms with Crippen LogP contribution < -0.4 is 11.1 Å². The highest BCUT2D eigenvalue weighted by Crippen LogP contribution is 2.22. The van der Waals surface area contributed by atoms with Crippen molar-refractivity contribution in [3.8, 4) is 0 Å². The van der Waals surface area contributed by atoms with Gasteiger partial charge in [0, 0.05) is 11.5 Å². The molecule has 3 aromatic rings. The second-order valence-electron chi connectivity index (χ2n) is 7.63. The van der Waals surface area contributed by atoms with Gasteiger partial charge in [-0.2, -0.15) is 5.10 Å². The summed E-state index contributed by atoms with van der Waals surface area (Å²) in [4.78, 5) is 24.6. The Labute approximate surface area is 156 Å². The maximum Gasteiger partial charge on any atom is 0.273 e. The van der Waals surface area contributed by atoms with Crippen LogP contribution in [0.25, 0.3) is 10.9 Å². The Morgan fingerprint density at radius 3 is 2.59 bits per heavy atom. The number of rotatable bonds is 5. The van der Waals surface area contributed by atoms with Gasteiger partial charge in [0.15, 0.2) is 5.69 Å². The van der Waals surface area contributed by atoms with Gasteiger partial charge in [0.1, 0.15) is 17.5 Å². The summed E-state index contributed by atoms with van der Waals surface area (Å²) in [7, 11) is 0. The third-order valence-electron chi connectivity index (χ3n) is 4.29. The van der Waals surface area contributed by atoms with Crippen molar-refractivity contribution in [2.75, 3.05) is 0 Å². The molecule has 0 saturated heterocycles. The number of nitrogens with one attached hydrogen (secondary N) is 1. The van der Waals surface area contributed by atoms with Crippen LogP contribution in [0, 0.1) is 12.3 Å². The summed E-state index contributed by atoms with van der Waals surface area (Å²) >= 11 is 0. The highest BCUT2D eigenvalue weighted by Gasteiger charge is 2.32. The minimum atomic E-state index is -0.813. The molecule has 2 aromatic heterocycles. The number of fused-ring (bicyclic) bond motifs is 1. The van der Waals surface area contributed by atoms with Crippen molar-refractivity contribution in [1.29, 1.82) is 0 Å². The first-order chi connectivity index (χ1) is 12.7. The van der Waals surface area contributed by atoms with Crippen LogP contribution in [-0.4, -0.2) is 32.8 Å². The minimum Gasteiger partial charge on any atom is -0.368 e. The second kappa shape index (κ2) is 6.86. The van der Waals surface area contributed by atoms with Gasteiger partial charge in [-0.05, 0) is 18.4 Å². The summed E-state index contributed by atoms with van der Waals surface area (Å²) in [6.45, 7) is 7.70. The molecule has 0 aliphatic carbocycles. The van der Waals surface area contributed by atoms with E-state index in [4.69, 9.17) is 10.3 Å². The van der Waals surface area contributed by atoms with Gasteiger partial charge in [-0.1, -0.05) is 44.1 Å². The lowest BCUT2D eigenvalue weighted by molar-refractivity contribution is -0.122. The number of carbonyl (C=O) groups is 2. The van der Waals surface area contributed by atoms with E-state index in [1.165, 1.54) is 0 Å². The topological polar surface area (TPSA) is 116 Å². The molecule has 2 amide bonds. The predicted octanol–water partition coefficient (Wildman–Crippen LogP) is 2.01. The Morgan fingerprint density at radius 2 is 2.00 bits per heavy atom. The number of para-hydroxylation sites is 1. The molecule has 1 atom stereocenters. The average molecular weight is 369 g/mol. The molecule has 2 heterocycles. The number of aromatic nitrogens is 3. The van der Waals surface area contributed by atoms with Crippen molar-refractivity contribution in [2.24, 2.45) is 11.1 Å². The number of carbonyl (C=O) groups excluding carboxylic acids is 2. The summed E-state index contributed by atoms with van der Waals surface area (Å²) in [6.07, 6.45) is 0. The van der Waals surface area contributed by atoms with Crippen molar-refractivity contribution < 1.29 is 14.1 Å². The van der Waals surface area contributed by atoms with Crippen LogP contribution in [0.4, 0.5) is 0 Å². The van der Waals surface area contributed by atoms with Crippen molar-refractivity contribution in [3.05, 3.63) is 47.5 Å². The molecule has 8 nitrogen and oxygen atoms in total. The van der Waals surface area contributed by atoms with Crippen LogP contribution in [0.2, 0.25) is 0 Å². The zero-order valence-corrected chi connectivity index (χ0v) is 15.8. The van der Waals surface area contributed by atoms with E-state index >= 15 is 0 Å². The van der Waals surface area contributed by atoms with Crippen molar-refractivity contribution in [3.63, 3.8) is 0 Å². The maximum atomic E-state index is 12.9. The molecule has 0 unspecified atom stereocenters. The molecular formula is C19H23N5O3. The van der Waals surface area contributed by atoms with Crippen LogP contribution in [-0.2, 0) is 11.3 Å². The number of amides is 2. The van der Waals surface area contributed by atoms with Gasteiger partial charge in [-0.25, -0.2) is 0 Å². The van der Waals surface area contributed by atoms with Crippen LogP contribution in [0.15, 0.2) is 34.9 Å². The maximum absolute atomic E-state index is 12.9. The van der Waals surface area contributed by atoms with Gasteiger partial charge in [0.25, 0.3) is 5.91 Å². The molecule has 8 heteroatoms. The summed E-state index contributed by atoms with van der Waals surface area (Å²) in [5.41, 5.74) is 6.69. The summed E-state index contributed by atoms with van der Waals surface area (Å²) in [6, 6.07) is 8.41. The molecule has 3 rings (SSSR count). The van der Waals surface area contributed by atoms with Gasteiger partial charge in [0.05, 0.1) is 12.1 Å². The van der Waals surface area contributed by atoms with Gasteiger partial charge < -0.3 is 15.6 Å². The number of nitrogens with two attached hydrogens (primary N) is 1. The molecule has 0 aliphatic rings. The number of hydrogen-bond acceptors (Lipinski definition) is 5. The monoisotopic (exact) mass is 369 g/mol. The average Bonchev–Trinajstić information content (AvgIpc) is 3.15. The predicted molar refractivity (Wildman–Crippen MR) is 100.0 cm³/mol. The SMILES string of the molecule is Cc1cc(Cn2nc(C(=O)N[C@H](C(N)=O)C(C)(C)C)c3ccccc32)no1. The zero-order chi connectivity index (χ0) is 19.8. The molecular weight excluding hydrogens is 346 g/mol. The van der Waals surface area contributed by atoms with Crippen molar-refractivity contribution in [2.45, 2.75) is 40.3 Å². The van der Waals surface area contributed by atoms with E-state index in [0.29, 0.717) is 23.4 Å². The molecule has 0 fully saturated rings. The van der Waals surface area contributed by atoms with E-state index < -0.39 is 23.3 Å². The Kier molecular flexibility index (Phi) is 4.73. The summed E-state index contributed by atoms with van der Waals surface area (Å²) in [5, 5.41) is 11.8. The lowest BCUT2D eigenvalue weighted by Crippen LogP contribution is -2.52. The summed E-state index contributed by atoms with van der Waals surface area (Å²) in [5.74, 6) is -0.327. The van der Waals surface area contributed by atoms with E-state index in [9.17, 15) is 9.59 Å². The molecule has 1 aromatic carbocycles. The molecule has 27 heavy (non-hydrogen) atoms. The number of primary amides is 1. The number of aryl methyl sites for hydroxylation is 1. The van der Waals surface area contributed by atoms with Crippen LogP contribution in [0.3, 0.4) is 0 Å². The quantitative estimate of drug-likeness (QED) is 0.714. The number of nitrogens with zero attached hydrogens (tertiary/aromatic N) is 3. The fraction of sp³-hybridized carbons (Fsp3) is 0.368. The molecule has 0 radical (unpaired) electrons. The van der Waals surface area contributed by atoms with E-state index in [-0.39, 0.29) is 5.69 Å². The van der Waals surface area contributed by atoms with Gasteiger partial charge in [0.2, 0.25) is 5.91 Å². The fourth-order valence-corrected chi connectivity index (χ4v) is 2.98.